The molecule has 1 fully saturated rings. The molecule has 0 radical (unpaired) electrons. The zero-order valence-corrected chi connectivity index (χ0v) is 15.3. The predicted octanol–water partition coefficient (Wildman–Crippen LogP) is 4.47. The molecule has 0 amide bonds. The van der Waals surface area contributed by atoms with E-state index in [2.05, 4.69) is 70.3 Å². The maximum absolute atomic E-state index is 5.44. The minimum Gasteiger partial charge on any atom is -0.353 e. The van der Waals surface area contributed by atoms with Crippen LogP contribution >= 0.6 is 0 Å². The SMILES string of the molecule is CC(C)c1noc(-c2ccnc(N3CCCC3Cc3ccccc3)c2)n1. The van der Waals surface area contributed by atoms with E-state index < -0.39 is 0 Å². The van der Waals surface area contributed by atoms with Crippen molar-refractivity contribution in [3.8, 4) is 11.5 Å². The first-order valence-electron chi connectivity index (χ1n) is 9.31. The Balaban J connectivity index is 1.57. The Morgan fingerprint density at radius 1 is 1.19 bits per heavy atom. The molecular formula is C21H24N4O. The van der Waals surface area contributed by atoms with Crippen LogP contribution in [0.1, 0.15) is 44.0 Å². The second-order valence-electron chi connectivity index (χ2n) is 7.19. The maximum Gasteiger partial charge on any atom is 0.258 e. The van der Waals surface area contributed by atoms with Crippen molar-refractivity contribution in [2.75, 3.05) is 11.4 Å². The van der Waals surface area contributed by atoms with Crippen LogP contribution in [-0.2, 0) is 6.42 Å². The first-order chi connectivity index (χ1) is 12.7. The number of anilines is 1. The molecule has 0 bridgehead atoms. The van der Waals surface area contributed by atoms with Crippen molar-refractivity contribution in [3.63, 3.8) is 0 Å². The molecule has 1 atom stereocenters. The van der Waals surface area contributed by atoms with Gasteiger partial charge in [-0.3, -0.25) is 0 Å². The molecule has 134 valence electrons. The molecule has 5 nitrogen and oxygen atoms in total. The third-order valence-corrected chi connectivity index (χ3v) is 4.94. The van der Waals surface area contributed by atoms with Gasteiger partial charge in [0.25, 0.3) is 5.89 Å². The van der Waals surface area contributed by atoms with Gasteiger partial charge in [-0.15, -0.1) is 0 Å². The van der Waals surface area contributed by atoms with Crippen LogP contribution in [0.15, 0.2) is 53.2 Å². The lowest BCUT2D eigenvalue weighted by Crippen LogP contribution is -2.31. The van der Waals surface area contributed by atoms with Crippen LogP contribution in [0.5, 0.6) is 0 Å². The van der Waals surface area contributed by atoms with E-state index in [4.69, 9.17) is 4.52 Å². The van der Waals surface area contributed by atoms with Crippen molar-refractivity contribution in [2.45, 2.75) is 45.1 Å². The zero-order chi connectivity index (χ0) is 17.9. The summed E-state index contributed by atoms with van der Waals surface area (Å²) in [6.07, 6.45) is 5.27. The standard InChI is InChI=1S/C21H24N4O/c1-15(2)20-23-21(26-24-20)17-10-11-22-19(14-17)25-12-6-9-18(25)13-16-7-4-3-5-8-16/h3-5,7-8,10-11,14-15,18H,6,9,12-13H2,1-2H3. The molecule has 26 heavy (non-hydrogen) atoms. The summed E-state index contributed by atoms with van der Waals surface area (Å²) < 4.78 is 5.44. The summed E-state index contributed by atoms with van der Waals surface area (Å²) in [6.45, 7) is 5.16. The molecule has 3 heterocycles. The molecule has 0 N–H and O–H groups in total. The monoisotopic (exact) mass is 348 g/mol. The van der Waals surface area contributed by atoms with Crippen molar-refractivity contribution in [1.82, 2.24) is 15.1 Å². The number of rotatable bonds is 5. The quantitative estimate of drug-likeness (QED) is 0.681. The average Bonchev–Trinajstić information content (AvgIpc) is 3.32. The van der Waals surface area contributed by atoms with Gasteiger partial charge in [0, 0.05) is 30.3 Å². The fourth-order valence-corrected chi connectivity index (χ4v) is 3.53. The highest BCUT2D eigenvalue weighted by Crippen LogP contribution is 2.29. The predicted molar refractivity (Wildman–Crippen MR) is 102 cm³/mol. The highest BCUT2D eigenvalue weighted by molar-refractivity contribution is 5.59. The van der Waals surface area contributed by atoms with Gasteiger partial charge in [-0.05, 0) is 37.0 Å². The molecule has 1 unspecified atom stereocenters. The van der Waals surface area contributed by atoms with E-state index in [1.165, 1.54) is 18.4 Å². The van der Waals surface area contributed by atoms with Gasteiger partial charge in [0.05, 0.1) is 0 Å². The first kappa shape index (κ1) is 16.8. The molecule has 1 saturated heterocycles. The van der Waals surface area contributed by atoms with Gasteiger partial charge in [0.2, 0.25) is 0 Å². The third-order valence-electron chi connectivity index (χ3n) is 4.94. The second kappa shape index (κ2) is 7.28. The van der Waals surface area contributed by atoms with Gasteiger partial charge in [-0.25, -0.2) is 4.98 Å². The molecule has 5 heteroatoms. The van der Waals surface area contributed by atoms with Gasteiger partial charge in [-0.1, -0.05) is 49.3 Å². The van der Waals surface area contributed by atoms with Crippen molar-refractivity contribution in [2.24, 2.45) is 0 Å². The molecular weight excluding hydrogens is 324 g/mol. The fraction of sp³-hybridized carbons (Fsp3) is 0.381. The molecule has 0 spiro atoms. The van der Waals surface area contributed by atoms with Crippen LogP contribution in [-0.4, -0.2) is 27.7 Å². The van der Waals surface area contributed by atoms with E-state index >= 15 is 0 Å². The van der Waals surface area contributed by atoms with E-state index in [0.717, 1.165) is 30.2 Å². The van der Waals surface area contributed by atoms with Crippen LogP contribution in [0, 0.1) is 0 Å². The van der Waals surface area contributed by atoms with E-state index in [9.17, 15) is 0 Å². The summed E-state index contributed by atoms with van der Waals surface area (Å²) in [4.78, 5) is 11.5. The Morgan fingerprint density at radius 3 is 2.81 bits per heavy atom. The second-order valence-corrected chi connectivity index (χ2v) is 7.19. The van der Waals surface area contributed by atoms with Crippen LogP contribution in [0.25, 0.3) is 11.5 Å². The lowest BCUT2D eigenvalue weighted by atomic mass is 10.0. The molecule has 0 saturated carbocycles. The minimum absolute atomic E-state index is 0.252. The Labute approximate surface area is 154 Å². The van der Waals surface area contributed by atoms with E-state index in [0.29, 0.717) is 11.9 Å². The van der Waals surface area contributed by atoms with Crippen molar-refractivity contribution in [3.05, 3.63) is 60.0 Å². The fourth-order valence-electron chi connectivity index (χ4n) is 3.53. The molecule has 1 aromatic carbocycles. The van der Waals surface area contributed by atoms with Crippen molar-refractivity contribution < 1.29 is 4.52 Å². The van der Waals surface area contributed by atoms with Gasteiger partial charge in [0.1, 0.15) is 5.82 Å². The van der Waals surface area contributed by atoms with Gasteiger partial charge < -0.3 is 9.42 Å². The molecule has 0 aliphatic carbocycles. The lowest BCUT2D eigenvalue weighted by Gasteiger charge is -2.26. The van der Waals surface area contributed by atoms with Crippen LogP contribution in [0.3, 0.4) is 0 Å². The number of benzene rings is 1. The summed E-state index contributed by atoms with van der Waals surface area (Å²) in [5.41, 5.74) is 2.30. The van der Waals surface area contributed by atoms with E-state index in [1.807, 2.05) is 12.3 Å². The number of nitrogens with zero attached hydrogens (tertiary/aromatic N) is 4. The van der Waals surface area contributed by atoms with Crippen LogP contribution in [0.4, 0.5) is 5.82 Å². The van der Waals surface area contributed by atoms with Gasteiger partial charge >= 0.3 is 0 Å². The van der Waals surface area contributed by atoms with Crippen LogP contribution in [0.2, 0.25) is 0 Å². The molecule has 1 aliphatic heterocycles. The highest BCUT2D eigenvalue weighted by atomic mass is 16.5. The van der Waals surface area contributed by atoms with E-state index in [-0.39, 0.29) is 5.92 Å². The number of hydrogen-bond donors (Lipinski definition) is 0. The Kier molecular flexibility index (Phi) is 4.69. The maximum atomic E-state index is 5.44. The van der Waals surface area contributed by atoms with Gasteiger partial charge in [-0.2, -0.15) is 4.98 Å². The molecule has 2 aromatic heterocycles. The highest BCUT2D eigenvalue weighted by Gasteiger charge is 2.26. The summed E-state index contributed by atoms with van der Waals surface area (Å²) in [7, 11) is 0. The van der Waals surface area contributed by atoms with Gasteiger partial charge in [0.15, 0.2) is 5.82 Å². The summed E-state index contributed by atoms with van der Waals surface area (Å²) in [5.74, 6) is 2.55. The number of pyridine rings is 1. The number of hydrogen-bond acceptors (Lipinski definition) is 5. The smallest absolute Gasteiger partial charge is 0.258 e. The molecule has 4 rings (SSSR count). The Hall–Kier alpha value is -2.69. The van der Waals surface area contributed by atoms with Crippen molar-refractivity contribution in [1.29, 1.82) is 0 Å². The zero-order valence-electron chi connectivity index (χ0n) is 15.3. The van der Waals surface area contributed by atoms with E-state index in [1.54, 1.807) is 0 Å². The minimum atomic E-state index is 0.252. The average molecular weight is 348 g/mol. The summed E-state index contributed by atoms with van der Waals surface area (Å²) in [6, 6.07) is 15.2. The summed E-state index contributed by atoms with van der Waals surface area (Å²) in [5, 5.41) is 4.07. The topological polar surface area (TPSA) is 55.1 Å². The largest absolute Gasteiger partial charge is 0.353 e. The summed E-state index contributed by atoms with van der Waals surface area (Å²) >= 11 is 0. The van der Waals surface area contributed by atoms with Crippen molar-refractivity contribution >= 4 is 5.82 Å². The molecule has 3 aromatic rings. The lowest BCUT2D eigenvalue weighted by molar-refractivity contribution is 0.419. The first-order valence-corrected chi connectivity index (χ1v) is 9.31. The third kappa shape index (κ3) is 3.47. The Bertz CT molecular complexity index is 859. The molecule has 1 aliphatic rings. The normalized spacial score (nSPS) is 17.2. The van der Waals surface area contributed by atoms with Crippen LogP contribution < -0.4 is 4.90 Å². The Morgan fingerprint density at radius 2 is 2.04 bits per heavy atom. The number of aromatic nitrogens is 3.